The van der Waals surface area contributed by atoms with Crippen LogP contribution in [0.1, 0.15) is 20.8 Å². The molecule has 0 amide bonds. The largest absolute Gasteiger partial charge is 0.426 e. The zero-order valence-corrected chi connectivity index (χ0v) is 6.00. The molecule has 0 aliphatic heterocycles. The third kappa shape index (κ3) is 4.22. The van der Waals surface area contributed by atoms with Gasteiger partial charge in [0.1, 0.15) is 0 Å². The maximum absolute atomic E-state index is 2.26. The van der Waals surface area contributed by atoms with Gasteiger partial charge in [0.2, 0.25) is 0 Å². The first-order valence-electron chi connectivity index (χ1n) is 2.25. The highest BCUT2D eigenvalue weighted by Crippen LogP contribution is 2.18. The molecule has 0 spiro atoms. The second kappa shape index (κ2) is 1.78. The standard InChI is InChI=1S/C5H12Si/c1-5(2,3)6-4/h1-4H3/q-1. The molecule has 0 aliphatic carbocycles. The van der Waals surface area contributed by atoms with Gasteiger partial charge in [-0.3, -0.25) is 0 Å². The van der Waals surface area contributed by atoms with Gasteiger partial charge >= 0.3 is 0 Å². The molecule has 6 heavy (non-hydrogen) atoms. The highest BCUT2D eigenvalue weighted by molar-refractivity contribution is 6.37. The van der Waals surface area contributed by atoms with Crippen molar-refractivity contribution in [3.8, 4) is 0 Å². The lowest BCUT2D eigenvalue weighted by molar-refractivity contribution is 0.756. The highest BCUT2D eigenvalue weighted by Gasteiger charge is 1.88. The van der Waals surface area contributed by atoms with Crippen LogP contribution in [0, 0.1) is 0 Å². The van der Waals surface area contributed by atoms with Crippen LogP contribution < -0.4 is 0 Å². The van der Waals surface area contributed by atoms with Gasteiger partial charge in [0.05, 0.1) is 0 Å². The Morgan fingerprint density at radius 3 is 1.33 bits per heavy atom. The molecule has 0 N–H and O–H groups in total. The van der Waals surface area contributed by atoms with Gasteiger partial charge in [-0.2, -0.15) is 5.04 Å². The van der Waals surface area contributed by atoms with Gasteiger partial charge in [0, 0.05) is 0 Å². The molecule has 0 fully saturated rings. The van der Waals surface area contributed by atoms with E-state index in [1.54, 1.807) is 0 Å². The summed E-state index contributed by atoms with van der Waals surface area (Å²) in [5.74, 6) is 0. The molecule has 0 bridgehead atoms. The molecule has 0 aromatic heterocycles. The summed E-state index contributed by atoms with van der Waals surface area (Å²) in [5.41, 5.74) is 0. The minimum Gasteiger partial charge on any atom is -0.426 e. The summed E-state index contributed by atoms with van der Waals surface area (Å²) in [5, 5.41) is 0.569. The van der Waals surface area contributed by atoms with Gasteiger partial charge in [0.25, 0.3) is 0 Å². The van der Waals surface area contributed by atoms with Crippen molar-refractivity contribution >= 4 is 9.52 Å². The molecule has 1 heteroatoms. The molecule has 0 aliphatic rings. The van der Waals surface area contributed by atoms with Crippen LogP contribution in [0.2, 0.25) is 11.6 Å². The van der Waals surface area contributed by atoms with Crippen LogP contribution in [0.5, 0.6) is 0 Å². The zero-order chi connectivity index (χ0) is 5.21. The van der Waals surface area contributed by atoms with Crippen LogP contribution >= 0.6 is 0 Å². The van der Waals surface area contributed by atoms with Crippen molar-refractivity contribution in [1.29, 1.82) is 0 Å². The maximum Gasteiger partial charge on any atom is -0.0931 e. The lowest BCUT2D eigenvalue weighted by Crippen LogP contribution is -2.01. The highest BCUT2D eigenvalue weighted by atomic mass is 28.2. The summed E-state index contributed by atoms with van der Waals surface area (Å²) in [6.45, 7) is 9.00. The predicted octanol–water partition coefficient (Wildman–Crippen LogP) is 1.96. The molecule has 0 nitrogen and oxygen atoms in total. The Balaban J connectivity index is 3.17. The first kappa shape index (κ1) is 6.22. The van der Waals surface area contributed by atoms with E-state index in [-0.39, 0.29) is 0 Å². The summed E-state index contributed by atoms with van der Waals surface area (Å²) < 4.78 is 0. The van der Waals surface area contributed by atoms with Crippen LogP contribution in [0.3, 0.4) is 0 Å². The van der Waals surface area contributed by atoms with Crippen molar-refractivity contribution in [2.75, 3.05) is 0 Å². The second-order valence-electron chi connectivity index (χ2n) is 2.50. The minimum atomic E-state index is 0.569. The molecular formula is C5H12Si-. The summed E-state index contributed by atoms with van der Waals surface area (Å²) in [6.07, 6.45) is 0. The predicted molar refractivity (Wildman–Crippen MR) is 31.3 cm³/mol. The fourth-order valence-electron chi connectivity index (χ4n) is 0. The monoisotopic (exact) mass is 100 g/mol. The topological polar surface area (TPSA) is 0 Å². The molecule has 0 heterocycles. The molecular weight excluding hydrogens is 88.1 g/mol. The van der Waals surface area contributed by atoms with E-state index in [2.05, 4.69) is 27.3 Å². The van der Waals surface area contributed by atoms with E-state index in [9.17, 15) is 0 Å². The van der Waals surface area contributed by atoms with E-state index >= 15 is 0 Å². The van der Waals surface area contributed by atoms with E-state index in [0.29, 0.717) is 5.04 Å². The Kier molecular flexibility index (Phi) is 1.85. The molecule has 0 unspecified atom stereocenters. The van der Waals surface area contributed by atoms with E-state index in [1.165, 1.54) is 0 Å². The number of hydrogen-bond donors (Lipinski definition) is 0. The number of rotatable bonds is 0. The fraction of sp³-hybridized carbons (Fsp3) is 1.00. The van der Waals surface area contributed by atoms with Crippen molar-refractivity contribution < 1.29 is 0 Å². The van der Waals surface area contributed by atoms with Crippen molar-refractivity contribution in [2.24, 2.45) is 0 Å². The Morgan fingerprint density at radius 1 is 1.17 bits per heavy atom. The van der Waals surface area contributed by atoms with Crippen LogP contribution in [-0.4, -0.2) is 9.52 Å². The molecule has 0 saturated heterocycles. The van der Waals surface area contributed by atoms with E-state index < -0.39 is 0 Å². The lowest BCUT2D eigenvalue weighted by Gasteiger charge is -2.29. The second-order valence-corrected chi connectivity index (χ2v) is 4.50. The van der Waals surface area contributed by atoms with Gasteiger partial charge < -0.3 is 9.52 Å². The SMILES string of the molecule is C[Si-]C(C)(C)C. The Bertz CT molecular complexity index is 33.7. The zero-order valence-electron chi connectivity index (χ0n) is 5.00. The Labute approximate surface area is 42.8 Å². The summed E-state index contributed by atoms with van der Waals surface area (Å²) >= 11 is 0. The molecule has 0 aromatic rings. The van der Waals surface area contributed by atoms with Crippen LogP contribution in [0.25, 0.3) is 0 Å². The molecule has 0 saturated carbocycles. The normalized spacial score (nSPS) is 12.0. The molecule has 0 atom stereocenters. The lowest BCUT2D eigenvalue weighted by atomic mass is 10.3. The maximum atomic E-state index is 2.26. The van der Waals surface area contributed by atoms with Crippen molar-refractivity contribution in [3.05, 3.63) is 0 Å². The molecule has 37 valence electrons. The Hall–Kier alpha value is 0.217. The number of hydrogen-bond acceptors (Lipinski definition) is 0. The van der Waals surface area contributed by atoms with E-state index in [0.717, 1.165) is 9.52 Å². The average Bonchev–Trinajstić information content (AvgIpc) is 1.35. The molecule has 1 radical (unpaired) electrons. The van der Waals surface area contributed by atoms with E-state index in [4.69, 9.17) is 0 Å². The molecule has 0 rings (SSSR count). The van der Waals surface area contributed by atoms with Gasteiger partial charge in [-0.05, 0) is 0 Å². The first-order valence-corrected chi connectivity index (χ1v) is 3.75. The van der Waals surface area contributed by atoms with Gasteiger partial charge in [0.15, 0.2) is 0 Å². The first-order chi connectivity index (χ1) is 2.56. The average molecular weight is 100 g/mol. The fourth-order valence-corrected chi connectivity index (χ4v) is 0. The van der Waals surface area contributed by atoms with Crippen molar-refractivity contribution in [2.45, 2.75) is 32.4 Å². The van der Waals surface area contributed by atoms with Gasteiger partial charge in [-0.15, -0.1) is 0 Å². The van der Waals surface area contributed by atoms with Gasteiger partial charge in [-0.25, -0.2) is 6.55 Å². The van der Waals surface area contributed by atoms with Crippen LogP contribution in [-0.2, 0) is 0 Å². The van der Waals surface area contributed by atoms with Crippen LogP contribution in [0.4, 0.5) is 0 Å². The third-order valence-corrected chi connectivity index (χ3v) is 2.25. The molecule has 0 aromatic carbocycles. The Morgan fingerprint density at radius 2 is 1.33 bits per heavy atom. The quantitative estimate of drug-likeness (QED) is 0.408. The summed E-state index contributed by atoms with van der Waals surface area (Å²) in [4.78, 5) is 0. The van der Waals surface area contributed by atoms with Crippen LogP contribution in [0.15, 0.2) is 0 Å². The van der Waals surface area contributed by atoms with Gasteiger partial charge in [-0.1, -0.05) is 20.8 Å². The van der Waals surface area contributed by atoms with Crippen molar-refractivity contribution in [3.63, 3.8) is 0 Å². The van der Waals surface area contributed by atoms with Crippen molar-refractivity contribution in [1.82, 2.24) is 0 Å². The van der Waals surface area contributed by atoms with E-state index in [1.807, 2.05) is 0 Å². The summed E-state index contributed by atoms with van der Waals surface area (Å²) in [6, 6.07) is 0. The smallest absolute Gasteiger partial charge is 0.0931 e. The third-order valence-electron chi connectivity index (χ3n) is 0.750. The summed E-state index contributed by atoms with van der Waals surface area (Å²) in [7, 11) is 1.07. The minimum absolute atomic E-state index is 0.569.